The Hall–Kier alpha value is -3.23. The van der Waals surface area contributed by atoms with Crippen LogP contribution in [0, 0.1) is 11.3 Å². The largest absolute Gasteiger partial charge is 0.489 e. The van der Waals surface area contributed by atoms with Gasteiger partial charge in [0, 0.05) is 17.1 Å². The summed E-state index contributed by atoms with van der Waals surface area (Å²) >= 11 is 5.87. The second kappa shape index (κ2) is 8.24. The van der Waals surface area contributed by atoms with E-state index in [-0.39, 0.29) is 5.69 Å². The topological polar surface area (TPSA) is 71.1 Å². The van der Waals surface area contributed by atoms with Crippen molar-refractivity contribution in [3.05, 3.63) is 77.5 Å². The van der Waals surface area contributed by atoms with Crippen molar-refractivity contribution in [2.45, 2.75) is 6.61 Å². The molecule has 0 radical (unpaired) electrons. The minimum absolute atomic E-state index is 0.213. The van der Waals surface area contributed by atoms with E-state index in [1.54, 1.807) is 6.08 Å². The Bertz CT molecular complexity index is 925. The first-order valence-corrected chi connectivity index (χ1v) is 8.31. The molecule has 2 aromatic carbocycles. The Morgan fingerprint density at radius 3 is 2.58 bits per heavy atom. The Morgan fingerprint density at radius 1 is 1.19 bits per heavy atom. The van der Waals surface area contributed by atoms with Crippen molar-refractivity contribution < 1.29 is 9.15 Å². The molecule has 0 aliphatic heterocycles. The van der Waals surface area contributed by atoms with Crippen LogP contribution in [0.2, 0.25) is 5.02 Å². The van der Waals surface area contributed by atoms with Gasteiger partial charge in [-0.25, -0.2) is 0 Å². The lowest BCUT2D eigenvalue weighted by Gasteiger charge is -2.06. The summed E-state index contributed by atoms with van der Waals surface area (Å²) in [5.74, 6) is 1.43. The number of hydrogen-bond acceptors (Lipinski definition) is 5. The third kappa shape index (κ3) is 4.24. The standard InChI is InChI=1S/C20H16ClN3O2/c1-2-11-23-20-18(12-22)24-19(26-20)15-5-9-17(10-6-15)25-13-14-3-7-16(21)8-4-14/h2-10,23H,1,11,13H2. The molecule has 6 heteroatoms. The lowest BCUT2D eigenvalue weighted by molar-refractivity contribution is 0.306. The maximum absolute atomic E-state index is 9.15. The first-order valence-electron chi connectivity index (χ1n) is 7.93. The minimum Gasteiger partial charge on any atom is -0.489 e. The average Bonchev–Trinajstić information content (AvgIpc) is 3.09. The first-order chi connectivity index (χ1) is 12.7. The predicted molar refractivity (Wildman–Crippen MR) is 101 cm³/mol. The van der Waals surface area contributed by atoms with E-state index in [9.17, 15) is 0 Å². The number of ether oxygens (including phenoxy) is 1. The highest BCUT2D eigenvalue weighted by Gasteiger charge is 2.13. The van der Waals surface area contributed by atoms with Crippen LogP contribution in [0.5, 0.6) is 5.75 Å². The molecule has 5 nitrogen and oxygen atoms in total. The van der Waals surface area contributed by atoms with E-state index < -0.39 is 0 Å². The molecule has 0 unspecified atom stereocenters. The van der Waals surface area contributed by atoms with Gasteiger partial charge in [0.15, 0.2) is 0 Å². The van der Waals surface area contributed by atoms with Crippen LogP contribution in [0.3, 0.4) is 0 Å². The SMILES string of the molecule is C=CCNc1oc(-c2ccc(OCc3ccc(Cl)cc3)cc2)nc1C#N. The number of benzene rings is 2. The molecule has 0 aliphatic rings. The molecule has 3 aromatic rings. The number of hydrogen-bond donors (Lipinski definition) is 1. The van der Waals surface area contributed by atoms with Gasteiger partial charge in [-0.15, -0.1) is 6.58 Å². The number of nitriles is 1. The molecule has 0 saturated carbocycles. The normalized spacial score (nSPS) is 10.2. The summed E-state index contributed by atoms with van der Waals surface area (Å²) in [6.45, 7) is 4.56. The number of oxazole rings is 1. The molecule has 0 bridgehead atoms. The van der Waals surface area contributed by atoms with Gasteiger partial charge < -0.3 is 14.5 Å². The van der Waals surface area contributed by atoms with Crippen LogP contribution in [-0.2, 0) is 6.61 Å². The van der Waals surface area contributed by atoms with Gasteiger partial charge in [0.2, 0.25) is 17.5 Å². The highest BCUT2D eigenvalue weighted by atomic mass is 35.5. The Balaban J connectivity index is 1.69. The van der Waals surface area contributed by atoms with Gasteiger partial charge in [0.05, 0.1) is 0 Å². The van der Waals surface area contributed by atoms with Crippen molar-refractivity contribution in [2.75, 3.05) is 11.9 Å². The highest BCUT2D eigenvalue weighted by Crippen LogP contribution is 2.27. The number of nitrogens with zero attached hydrogens (tertiary/aromatic N) is 2. The smallest absolute Gasteiger partial charge is 0.232 e. The highest BCUT2D eigenvalue weighted by molar-refractivity contribution is 6.30. The van der Waals surface area contributed by atoms with Gasteiger partial charge in [0.1, 0.15) is 18.4 Å². The second-order valence-electron chi connectivity index (χ2n) is 5.42. The number of nitrogens with one attached hydrogen (secondary N) is 1. The van der Waals surface area contributed by atoms with Crippen LogP contribution >= 0.6 is 11.6 Å². The lowest BCUT2D eigenvalue weighted by atomic mass is 10.2. The monoisotopic (exact) mass is 365 g/mol. The van der Waals surface area contributed by atoms with Crippen molar-refractivity contribution >= 4 is 17.5 Å². The van der Waals surface area contributed by atoms with Gasteiger partial charge in [-0.3, -0.25) is 0 Å². The van der Waals surface area contributed by atoms with Crippen LogP contribution in [-0.4, -0.2) is 11.5 Å². The van der Waals surface area contributed by atoms with Crippen LogP contribution in [0.15, 0.2) is 65.6 Å². The summed E-state index contributed by atoms with van der Waals surface area (Å²) < 4.78 is 11.4. The van der Waals surface area contributed by atoms with Crippen molar-refractivity contribution in [3.63, 3.8) is 0 Å². The Kier molecular flexibility index (Phi) is 5.57. The van der Waals surface area contributed by atoms with E-state index >= 15 is 0 Å². The zero-order valence-electron chi connectivity index (χ0n) is 13.9. The van der Waals surface area contributed by atoms with Gasteiger partial charge in [-0.2, -0.15) is 10.2 Å². The van der Waals surface area contributed by atoms with Crippen molar-refractivity contribution in [3.8, 4) is 23.3 Å². The molecular formula is C20H16ClN3O2. The molecule has 0 aliphatic carbocycles. The second-order valence-corrected chi connectivity index (χ2v) is 5.85. The van der Waals surface area contributed by atoms with E-state index in [4.69, 9.17) is 26.0 Å². The molecule has 0 spiro atoms. The van der Waals surface area contributed by atoms with E-state index in [1.807, 2.05) is 54.6 Å². The van der Waals surface area contributed by atoms with Crippen LogP contribution in [0.25, 0.3) is 11.5 Å². The summed E-state index contributed by atoms with van der Waals surface area (Å²) in [4.78, 5) is 4.21. The fourth-order valence-corrected chi connectivity index (χ4v) is 2.37. The van der Waals surface area contributed by atoms with Gasteiger partial charge >= 0.3 is 0 Å². The molecule has 0 amide bonds. The lowest BCUT2D eigenvalue weighted by Crippen LogP contribution is -1.97. The predicted octanol–water partition coefficient (Wildman–Crippen LogP) is 5.04. The molecule has 0 fully saturated rings. The number of anilines is 1. The molecule has 1 heterocycles. The molecule has 1 N–H and O–H groups in total. The van der Waals surface area contributed by atoms with E-state index in [0.29, 0.717) is 29.9 Å². The molecule has 0 saturated heterocycles. The zero-order valence-corrected chi connectivity index (χ0v) is 14.7. The van der Waals surface area contributed by atoms with Gasteiger partial charge in [-0.05, 0) is 42.0 Å². The summed E-state index contributed by atoms with van der Waals surface area (Å²) in [7, 11) is 0. The van der Waals surface area contributed by atoms with E-state index in [0.717, 1.165) is 16.9 Å². The summed E-state index contributed by atoms with van der Waals surface area (Å²) in [6, 6.07) is 16.8. The van der Waals surface area contributed by atoms with Crippen molar-refractivity contribution in [1.82, 2.24) is 4.98 Å². The number of halogens is 1. The van der Waals surface area contributed by atoms with Crippen LogP contribution in [0.4, 0.5) is 5.88 Å². The molecule has 26 heavy (non-hydrogen) atoms. The van der Waals surface area contributed by atoms with Crippen LogP contribution < -0.4 is 10.1 Å². The molecule has 0 atom stereocenters. The third-order valence-electron chi connectivity index (χ3n) is 3.56. The maximum Gasteiger partial charge on any atom is 0.232 e. The summed E-state index contributed by atoms with van der Waals surface area (Å²) in [5, 5.41) is 12.8. The number of aromatic nitrogens is 1. The zero-order chi connectivity index (χ0) is 18.4. The summed E-state index contributed by atoms with van der Waals surface area (Å²) in [5.41, 5.74) is 2.00. The Labute approximate surface area is 156 Å². The Morgan fingerprint density at radius 2 is 1.92 bits per heavy atom. The van der Waals surface area contributed by atoms with E-state index in [1.165, 1.54) is 0 Å². The summed E-state index contributed by atoms with van der Waals surface area (Å²) in [6.07, 6.45) is 1.68. The number of rotatable bonds is 7. The van der Waals surface area contributed by atoms with Gasteiger partial charge in [0.25, 0.3) is 0 Å². The van der Waals surface area contributed by atoms with Crippen molar-refractivity contribution in [2.24, 2.45) is 0 Å². The average molecular weight is 366 g/mol. The van der Waals surface area contributed by atoms with E-state index in [2.05, 4.69) is 16.9 Å². The molecular weight excluding hydrogens is 350 g/mol. The van der Waals surface area contributed by atoms with Crippen molar-refractivity contribution in [1.29, 1.82) is 5.26 Å². The third-order valence-corrected chi connectivity index (χ3v) is 3.81. The molecule has 3 rings (SSSR count). The quantitative estimate of drug-likeness (QED) is 0.593. The fourth-order valence-electron chi connectivity index (χ4n) is 2.25. The maximum atomic E-state index is 9.15. The minimum atomic E-state index is 0.213. The molecule has 130 valence electrons. The molecule has 1 aromatic heterocycles. The van der Waals surface area contributed by atoms with Crippen LogP contribution in [0.1, 0.15) is 11.3 Å². The van der Waals surface area contributed by atoms with Gasteiger partial charge in [-0.1, -0.05) is 29.8 Å². The first kappa shape index (κ1) is 17.6. The fraction of sp³-hybridized carbons (Fsp3) is 0.100.